The van der Waals surface area contributed by atoms with E-state index in [-0.39, 0.29) is 17.2 Å². The van der Waals surface area contributed by atoms with Crippen LogP contribution in [0.1, 0.15) is 21.9 Å². The van der Waals surface area contributed by atoms with Crippen molar-refractivity contribution in [2.45, 2.75) is 13.8 Å². The summed E-state index contributed by atoms with van der Waals surface area (Å²) in [6.07, 6.45) is 0. The Morgan fingerprint density at radius 1 is 1.03 bits per heavy atom. The molecule has 0 radical (unpaired) electrons. The van der Waals surface area contributed by atoms with Gasteiger partial charge in [0.05, 0.1) is 11.4 Å². The first kappa shape index (κ1) is 18.4. The van der Waals surface area contributed by atoms with Gasteiger partial charge in [0.1, 0.15) is 5.69 Å². The van der Waals surface area contributed by atoms with Gasteiger partial charge in [0.25, 0.3) is 17.4 Å². The first-order chi connectivity index (χ1) is 14.0. The lowest BCUT2D eigenvalue weighted by molar-refractivity contribution is 0.102. The van der Waals surface area contributed by atoms with Crippen LogP contribution in [0.4, 0.5) is 5.69 Å². The standard InChI is InChI=1S/C21H19N5O3/c1-13-18(21(28)26(25(13)3)17-7-5-4-6-8-17)23-19(27)15-9-11-16(12-10-15)20-22-14(2)24-29-20/h4-12H,1-3H3,(H,23,27). The summed E-state index contributed by atoms with van der Waals surface area (Å²) < 4.78 is 8.36. The van der Waals surface area contributed by atoms with Gasteiger partial charge in [-0.3, -0.25) is 14.3 Å². The highest BCUT2D eigenvalue weighted by atomic mass is 16.5. The van der Waals surface area contributed by atoms with Crippen LogP contribution in [0.3, 0.4) is 0 Å². The number of rotatable bonds is 4. The molecule has 29 heavy (non-hydrogen) atoms. The molecule has 0 aliphatic carbocycles. The first-order valence-electron chi connectivity index (χ1n) is 9.02. The average molecular weight is 389 g/mol. The fraction of sp³-hybridized carbons (Fsp3) is 0.143. The molecule has 4 rings (SSSR count). The van der Waals surface area contributed by atoms with Crippen LogP contribution in [-0.2, 0) is 7.05 Å². The number of hydrogen-bond donors (Lipinski definition) is 1. The molecule has 1 N–H and O–H groups in total. The van der Waals surface area contributed by atoms with Crippen molar-refractivity contribution in [3.63, 3.8) is 0 Å². The van der Waals surface area contributed by atoms with E-state index in [0.29, 0.717) is 28.5 Å². The lowest BCUT2D eigenvalue weighted by Gasteiger charge is -2.07. The smallest absolute Gasteiger partial charge is 0.295 e. The average Bonchev–Trinajstić information content (AvgIpc) is 3.26. The van der Waals surface area contributed by atoms with Gasteiger partial charge in [-0.25, -0.2) is 4.68 Å². The number of aromatic nitrogens is 4. The normalized spacial score (nSPS) is 10.9. The van der Waals surface area contributed by atoms with Crippen molar-refractivity contribution < 1.29 is 9.32 Å². The topological polar surface area (TPSA) is 95.0 Å². The number of para-hydroxylation sites is 1. The Bertz CT molecular complexity index is 1230. The van der Waals surface area contributed by atoms with Crippen LogP contribution in [0.2, 0.25) is 0 Å². The van der Waals surface area contributed by atoms with Gasteiger partial charge in [-0.2, -0.15) is 4.98 Å². The molecule has 0 saturated heterocycles. The van der Waals surface area contributed by atoms with Gasteiger partial charge in [-0.1, -0.05) is 23.4 Å². The minimum absolute atomic E-state index is 0.248. The van der Waals surface area contributed by atoms with E-state index in [2.05, 4.69) is 15.5 Å². The van der Waals surface area contributed by atoms with E-state index < -0.39 is 0 Å². The molecule has 2 aromatic heterocycles. The summed E-state index contributed by atoms with van der Waals surface area (Å²) in [6.45, 7) is 3.52. The van der Waals surface area contributed by atoms with Crippen LogP contribution in [0.5, 0.6) is 0 Å². The Kier molecular flexibility index (Phi) is 4.59. The summed E-state index contributed by atoms with van der Waals surface area (Å²) in [5.74, 6) is 0.555. The van der Waals surface area contributed by atoms with Crippen molar-refractivity contribution in [3.8, 4) is 17.1 Å². The first-order valence-corrected chi connectivity index (χ1v) is 9.02. The fourth-order valence-electron chi connectivity index (χ4n) is 3.08. The van der Waals surface area contributed by atoms with Crippen LogP contribution in [0.15, 0.2) is 63.9 Å². The number of amides is 1. The summed E-state index contributed by atoms with van der Waals surface area (Å²) >= 11 is 0. The number of carbonyl (C=O) groups is 1. The van der Waals surface area contributed by atoms with Crippen molar-refractivity contribution in [2.24, 2.45) is 7.05 Å². The van der Waals surface area contributed by atoms with Crippen molar-refractivity contribution in [2.75, 3.05) is 5.32 Å². The quantitative estimate of drug-likeness (QED) is 0.579. The summed E-state index contributed by atoms with van der Waals surface area (Å²) in [7, 11) is 1.78. The molecule has 2 aromatic carbocycles. The van der Waals surface area contributed by atoms with Crippen molar-refractivity contribution >= 4 is 11.6 Å². The molecule has 2 heterocycles. The number of benzene rings is 2. The predicted octanol–water partition coefficient (Wildman–Crippen LogP) is 3.10. The van der Waals surface area contributed by atoms with Crippen molar-refractivity contribution in [1.82, 2.24) is 19.5 Å². The van der Waals surface area contributed by atoms with Gasteiger partial charge in [0.2, 0.25) is 0 Å². The second-order valence-corrected chi connectivity index (χ2v) is 6.61. The zero-order valence-corrected chi connectivity index (χ0v) is 16.2. The molecule has 0 unspecified atom stereocenters. The molecule has 1 amide bonds. The molecule has 0 aliphatic rings. The summed E-state index contributed by atoms with van der Waals surface area (Å²) in [6, 6.07) is 16.0. The largest absolute Gasteiger partial charge is 0.334 e. The molecule has 0 aliphatic heterocycles. The molecule has 0 bridgehead atoms. The molecule has 0 fully saturated rings. The zero-order valence-electron chi connectivity index (χ0n) is 16.2. The van der Waals surface area contributed by atoms with Gasteiger partial charge >= 0.3 is 0 Å². The Morgan fingerprint density at radius 3 is 2.34 bits per heavy atom. The maximum Gasteiger partial charge on any atom is 0.295 e. The third-order valence-electron chi connectivity index (χ3n) is 4.71. The molecule has 0 atom stereocenters. The van der Waals surface area contributed by atoms with Gasteiger partial charge in [-0.05, 0) is 50.2 Å². The monoisotopic (exact) mass is 389 g/mol. The molecule has 0 spiro atoms. The SMILES string of the molecule is Cc1noc(-c2ccc(C(=O)Nc3c(C)n(C)n(-c4ccccc4)c3=O)cc2)n1. The minimum atomic E-state index is -0.371. The molecule has 0 saturated carbocycles. The number of nitrogens with zero attached hydrogens (tertiary/aromatic N) is 4. The Labute approximate surface area is 166 Å². The maximum atomic E-state index is 12.9. The number of carbonyl (C=O) groups excluding carboxylic acids is 1. The molecular weight excluding hydrogens is 370 g/mol. The van der Waals surface area contributed by atoms with E-state index in [1.165, 1.54) is 4.68 Å². The molecule has 8 heteroatoms. The molecular formula is C21H19N5O3. The highest BCUT2D eigenvalue weighted by Crippen LogP contribution is 2.19. The van der Waals surface area contributed by atoms with Crippen molar-refractivity contribution in [1.29, 1.82) is 0 Å². The summed E-state index contributed by atoms with van der Waals surface area (Å²) in [5.41, 5.74) is 2.47. The maximum absolute atomic E-state index is 12.9. The lowest BCUT2D eigenvalue weighted by atomic mass is 10.1. The highest BCUT2D eigenvalue weighted by Gasteiger charge is 2.19. The lowest BCUT2D eigenvalue weighted by Crippen LogP contribution is -2.22. The number of aryl methyl sites for hydroxylation is 1. The predicted molar refractivity (Wildman–Crippen MR) is 108 cm³/mol. The second-order valence-electron chi connectivity index (χ2n) is 6.61. The van der Waals surface area contributed by atoms with E-state index in [1.807, 2.05) is 30.3 Å². The van der Waals surface area contributed by atoms with Crippen molar-refractivity contribution in [3.05, 3.63) is 82.0 Å². The zero-order chi connectivity index (χ0) is 20.5. The molecule has 8 nitrogen and oxygen atoms in total. The van der Waals surface area contributed by atoms with Crippen LogP contribution in [0, 0.1) is 13.8 Å². The third-order valence-corrected chi connectivity index (χ3v) is 4.71. The van der Waals surface area contributed by atoms with E-state index >= 15 is 0 Å². The number of hydrogen-bond acceptors (Lipinski definition) is 5. The van der Waals surface area contributed by atoms with E-state index in [9.17, 15) is 9.59 Å². The molecule has 4 aromatic rings. The van der Waals surface area contributed by atoms with Gasteiger partial charge in [0.15, 0.2) is 5.82 Å². The van der Waals surface area contributed by atoms with Crippen LogP contribution in [-0.4, -0.2) is 25.4 Å². The van der Waals surface area contributed by atoms with Gasteiger partial charge in [0, 0.05) is 18.2 Å². The van der Waals surface area contributed by atoms with E-state index in [4.69, 9.17) is 4.52 Å². The van der Waals surface area contributed by atoms with Gasteiger partial charge in [-0.15, -0.1) is 0 Å². The summed E-state index contributed by atoms with van der Waals surface area (Å²) in [4.78, 5) is 29.8. The molecule has 146 valence electrons. The van der Waals surface area contributed by atoms with Gasteiger partial charge < -0.3 is 9.84 Å². The number of anilines is 1. The van der Waals surface area contributed by atoms with E-state index in [0.717, 1.165) is 5.69 Å². The van der Waals surface area contributed by atoms with Crippen LogP contribution < -0.4 is 10.9 Å². The number of nitrogens with one attached hydrogen (secondary N) is 1. The third kappa shape index (κ3) is 3.36. The highest BCUT2D eigenvalue weighted by molar-refractivity contribution is 6.04. The van der Waals surface area contributed by atoms with Crippen LogP contribution in [0.25, 0.3) is 17.1 Å². The Morgan fingerprint density at radius 2 is 1.72 bits per heavy atom. The Hall–Kier alpha value is -3.94. The second kappa shape index (κ2) is 7.23. The van der Waals surface area contributed by atoms with E-state index in [1.54, 1.807) is 49.8 Å². The fourth-order valence-corrected chi connectivity index (χ4v) is 3.08. The van der Waals surface area contributed by atoms with Crippen LogP contribution >= 0.6 is 0 Å². The summed E-state index contributed by atoms with van der Waals surface area (Å²) in [5, 5.41) is 6.50. The minimum Gasteiger partial charge on any atom is -0.334 e. The Balaban J connectivity index is 1.61.